The first-order valence-electron chi connectivity index (χ1n) is 2.82. The van der Waals surface area contributed by atoms with Crippen molar-refractivity contribution in [1.29, 1.82) is 0 Å². The van der Waals surface area contributed by atoms with Gasteiger partial charge in [0.15, 0.2) is 0 Å². The topological polar surface area (TPSA) is 38.9 Å². The maximum absolute atomic E-state index is 5.16. The smallest absolute Gasteiger partial charge is 0.150 e. The van der Waals surface area contributed by atoms with E-state index < -0.39 is 0 Å². The molecule has 0 aliphatic rings. The molecule has 1 heterocycles. The second kappa shape index (κ2) is 4.35. The summed E-state index contributed by atoms with van der Waals surface area (Å²) >= 11 is 3.34. The summed E-state index contributed by atoms with van der Waals surface area (Å²) in [5.74, 6) is 0.907. The fraction of sp³-hybridized carbons (Fsp3) is 0.167. The summed E-state index contributed by atoms with van der Waals surface area (Å²) in [7, 11) is 0. The van der Waals surface area contributed by atoms with E-state index in [0.717, 1.165) is 10.1 Å². The number of nitrogens with two attached hydrogens (primary N) is 1. The third-order valence-corrected chi connectivity index (χ3v) is 2.77. The highest BCUT2D eigenvalue weighted by Gasteiger charge is 1.91. The van der Waals surface area contributed by atoms with Gasteiger partial charge in [-0.1, -0.05) is 17.8 Å². The second-order valence-electron chi connectivity index (χ2n) is 1.54. The minimum atomic E-state index is 0.907. The molecule has 0 saturated carbocycles. The van der Waals surface area contributed by atoms with Gasteiger partial charge in [0, 0.05) is 17.3 Å². The average molecular weight is 172 g/mol. The summed E-state index contributed by atoms with van der Waals surface area (Å²) in [6, 6.07) is 0. The Morgan fingerprint density at radius 1 is 1.80 bits per heavy atom. The number of hydrogen-bond acceptors (Lipinski definition) is 4. The fourth-order valence-corrected chi connectivity index (χ4v) is 1.94. The van der Waals surface area contributed by atoms with Crippen molar-refractivity contribution in [3.63, 3.8) is 0 Å². The van der Waals surface area contributed by atoms with Crippen LogP contribution in [0.3, 0.4) is 0 Å². The molecule has 0 aromatic carbocycles. The SMILES string of the molecule is NC=CCSc1nccs1. The minimum Gasteiger partial charge on any atom is -0.405 e. The van der Waals surface area contributed by atoms with Crippen molar-refractivity contribution >= 4 is 23.1 Å². The normalized spacial score (nSPS) is 10.8. The van der Waals surface area contributed by atoms with Crippen LogP contribution in [0.25, 0.3) is 0 Å². The van der Waals surface area contributed by atoms with Crippen LogP contribution in [0, 0.1) is 0 Å². The molecule has 0 radical (unpaired) electrons. The Kier molecular flexibility index (Phi) is 3.32. The van der Waals surface area contributed by atoms with Gasteiger partial charge in [-0.25, -0.2) is 4.98 Å². The van der Waals surface area contributed by atoms with Gasteiger partial charge in [0.05, 0.1) is 0 Å². The monoisotopic (exact) mass is 172 g/mol. The van der Waals surface area contributed by atoms with Gasteiger partial charge in [-0.05, 0) is 6.20 Å². The second-order valence-corrected chi connectivity index (χ2v) is 3.70. The molecule has 2 nitrogen and oxygen atoms in total. The van der Waals surface area contributed by atoms with Crippen LogP contribution < -0.4 is 5.73 Å². The Hall–Kier alpha value is -0.480. The van der Waals surface area contributed by atoms with E-state index in [1.54, 1.807) is 35.5 Å². The van der Waals surface area contributed by atoms with Gasteiger partial charge in [0.1, 0.15) is 4.34 Å². The molecule has 0 aliphatic heterocycles. The van der Waals surface area contributed by atoms with Crippen molar-refractivity contribution in [2.45, 2.75) is 4.34 Å². The molecule has 0 saturated heterocycles. The van der Waals surface area contributed by atoms with E-state index in [9.17, 15) is 0 Å². The van der Waals surface area contributed by atoms with E-state index in [0.29, 0.717) is 0 Å². The molecule has 0 aliphatic carbocycles. The molecule has 4 heteroatoms. The van der Waals surface area contributed by atoms with Crippen LogP contribution in [0.5, 0.6) is 0 Å². The maximum atomic E-state index is 5.16. The van der Waals surface area contributed by atoms with Gasteiger partial charge in [0.2, 0.25) is 0 Å². The van der Waals surface area contributed by atoms with Crippen LogP contribution in [-0.2, 0) is 0 Å². The van der Waals surface area contributed by atoms with Crippen molar-refractivity contribution < 1.29 is 0 Å². The number of nitrogens with zero attached hydrogens (tertiary/aromatic N) is 1. The Bertz CT molecular complexity index is 194. The fourth-order valence-electron chi connectivity index (χ4n) is 0.457. The number of thioether (sulfide) groups is 1. The van der Waals surface area contributed by atoms with Gasteiger partial charge in [0.25, 0.3) is 0 Å². The van der Waals surface area contributed by atoms with Crippen LogP contribution in [0.1, 0.15) is 0 Å². The summed E-state index contributed by atoms with van der Waals surface area (Å²) in [4.78, 5) is 4.09. The minimum absolute atomic E-state index is 0.907. The van der Waals surface area contributed by atoms with Crippen molar-refractivity contribution in [3.05, 3.63) is 23.9 Å². The highest BCUT2D eigenvalue weighted by atomic mass is 32.2. The molecular weight excluding hydrogens is 164 g/mol. The predicted molar refractivity (Wildman–Crippen MR) is 46.2 cm³/mol. The van der Waals surface area contributed by atoms with Crippen molar-refractivity contribution in [3.8, 4) is 0 Å². The molecule has 0 atom stereocenters. The lowest BCUT2D eigenvalue weighted by molar-refractivity contribution is 1.25. The van der Waals surface area contributed by atoms with Crippen LogP contribution >= 0.6 is 23.1 Å². The quantitative estimate of drug-likeness (QED) is 0.705. The maximum Gasteiger partial charge on any atom is 0.150 e. The summed E-state index contributed by atoms with van der Waals surface area (Å²) < 4.78 is 1.10. The molecule has 1 aromatic heterocycles. The Morgan fingerprint density at radius 2 is 2.70 bits per heavy atom. The van der Waals surface area contributed by atoms with Gasteiger partial charge in [-0.3, -0.25) is 0 Å². The summed E-state index contributed by atoms with van der Waals surface area (Å²) in [5, 5.41) is 1.97. The van der Waals surface area contributed by atoms with E-state index in [-0.39, 0.29) is 0 Å². The highest BCUT2D eigenvalue weighted by Crippen LogP contribution is 2.19. The van der Waals surface area contributed by atoms with Gasteiger partial charge >= 0.3 is 0 Å². The molecular formula is C6H8N2S2. The Morgan fingerprint density at radius 3 is 3.30 bits per heavy atom. The number of hydrogen-bond donors (Lipinski definition) is 1. The largest absolute Gasteiger partial charge is 0.405 e. The molecule has 1 aromatic rings. The summed E-state index contributed by atoms with van der Waals surface area (Å²) in [6.45, 7) is 0. The standard InChI is InChI=1S/C6H8N2S2/c7-2-1-4-9-6-8-3-5-10-6/h1-3,5H,4,7H2. The average Bonchev–Trinajstić information content (AvgIpc) is 2.41. The van der Waals surface area contributed by atoms with E-state index in [4.69, 9.17) is 5.73 Å². The number of rotatable bonds is 3. The predicted octanol–water partition coefficient (Wildman–Crippen LogP) is 1.71. The molecule has 0 spiro atoms. The molecule has 2 N–H and O–H groups in total. The first kappa shape index (κ1) is 7.63. The van der Waals surface area contributed by atoms with Crippen LogP contribution in [0.15, 0.2) is 28.2 Å². The molecule has 10 heavy (non-hydrogen) atoms. The van der Waals surface area contributed by atoms with Crippen molar-refractivity contribution in [2.75, 3.05) is 5.75 Å². The zero-order valence-corrected chi connectivity index (χ0v) is 6.99. The van der Waals surface area contributed by atoms with Crippen LogP contribution in [0.2, 0.25) is 0 Å². The van der Waals surface area contributed by atoms with Crippen LogP contribution in [-0.4, -0.2) is 10.7 Å². The third kappa shape index (κ3) is 2.41. The summed E-state index contributed by atoms with van der Waals surface area (Å²) in [5.41, 5.74) is 5.16. The van der Waals surface area contributed by atoms with E-state index in [1.807, 2.05) is 11.5 Å². The van der Waals surface area contributed by atoms with Gasteiger partial charge in [-0.2, -0.15) is 0 Å². The molecule has 1 rings (SSSR count). The number of aromatic nitrogens is 1. The number of thiazole rings is 1. The van der Waals surface area contributed by atoms with Crippen LogP contribution in [0.4, 0.5) is 0 Å². The molecule has 0 unspecified atom stereocenters. The zero-order chi connectivity index (χ0) is 7.23. The Balaban J connectivity index is 2.28. The lowest BCUT2D eigenvalue weighted by atomic mass is 10.7. The van der Waals surface area contributed by atoms with Gasteiger partial charge in [-0.15, -0.1) is 11.3 Å². The molecule has 0 bridgehead atoms. The third-order valence-electron chi connectivity index (χ3n) is 0.849. The molecule has 0 fully saturated rings. The van der Waals surface area contributed by atoms with Crippen molar-refractivity contribution in [1.82, 2.24) is 4.98 Å². The lowest BCUT2D eigenvalue weighted by Gasteiger charge is -1.87. The Labute approximate surface area is 68.2 Å². The zero-order valence-electron chi connectivity index (χ0n) is 5.36. The lowest BCUT2D eigenvalue weighted by Crippen LogP contribution is -1.77. The summed E-state index contributed by atoms with van der Waals surface area (Å²) in [6.07, 6.45) is 5.27. The first-order chi connectivity index (χ1) is 4.93. The van der Waals surface area contributed by atoms with E-state index >= 15 is 0 Å². The van der Waals surface area contributed by atoms with Crippen molar-refractivity contribution in [2.24, 2.45) is 5.73 Å². The molecule has 54 valence electrons. The van der Waals surface area contributed by atoms with Gasteiger partial charge < -0.3 is 5.73 Å². The molecule has 0 amide bonds. The highest BCUT2D eigenvalue weighted by molar-refractivity contribution is 8.01. The van der Waals surface area contributed by atoms with E-state index in [1.165, 1.54) is 0 Å². The van der Waals surface area contributed by atoms with E-state index in [2.05, 4.69) is 4.98 Å². The first-order valence-corrected chi connectivity index (χ1v) is 4.69.